The lowest BCUT2D eigenvalue weighted by Gasteiger charge is -2.50. The SMILES string of the molecule is CCC1CC2C(CC3OC(=O)CC32O)C2CCc3cc(O)ccc3C12. The molecule has 0 aromatic heterocycles. The number of aryl methyl sites for hydroxylation is 1. The minimum atomic E-state index is -0.935. The Balaban J connectivity index is 1.54. The molecule has 7 atom stereocenters. The van der Waals surface area contributed by atoms with Crippen molar-refractivity contribution in [1.29, 1.82) is 0 Å². The van der Waals surface area contributed by atoms with Gasteiger partial charge in [0.15, 0.2) is 0 Å². The Morgan fingerprint density at radius 2 is 2.12 bits per heavy atom. The Kier molecular flexibility index (Phi) is 3.28. The fourth-order valence-corrected chi connectivity index (χ4v) is 6.75. The lowest BCUT2D eigenvalue weighted by Crippen LogP contribution is -2.47. The highest BCUT2D eigenvalue weighted by Crippen LogP contribution is 2.62. The van der Waals surface area contributed by atoms with Crippen molar-refractivity contribution in [3.05, 3.63) is 29.3 Å². The smallest absolute Gasteiger partial charge is 0.309 e. The van der Waals surface area contributed by atoms with Gasteiger partial charge in [-0.1, -0.05) is 19.4 Å². The molecule has 4 heteroatoms. The molecule has 4 nitrogen and oxygen atoms in total. The predicted octanol–water partition coefficient (Wildman–Crippen LogP) is 3.15. The van der Waals surface area contributed by atoms with Crippen LogP contribution in [0, 0.1) is 23.7 Å². The molecule has 4 aliphatic rings. The number of aliphatic hydroxyl groups is 1. The molecule has 0 spiro atoms. The second-order valence-corrected chi connectivity index (χ2v) is 8.67. The van der Waals surface area contributed by atoms with E-state index in [1.165, 1.54) is 11.1 Å². The highest BCUT2D eigenvalue weighted by Gasteiger charge is 2.65. The molecule has 3 aliphatic carbocycles. The predicted molar refractivity (Wildman–Crippen MR) is 92.1 cm³/mol. The van der Waals surface area contributed by atoms with Gasteiger partial charge in [-0.2, -0.15) is 0 Å². The van der Waals surface area contributed by atoms with Crippen LogP contribution in [0.5, 0.6) is 5.75 Å². The van der Waals surface area contributed by atoms with E-state index in [1.807, 2.05) is 12.1 Å². The summed E-state index contributed by atoms with van der Waals surface area (Å²) in [7, 11) is 0. The summed E-state index contributed by atoms with van der Waals surface area (Å²) in [5.74, 6) is 2.34. The van der Waals surface area contributed by atoms with Crippen LogP contribution in [0.4, 0.5) is 0 Å². The number of hydrogen-bond donors (Lipinski definition) is 2. The molecule has 7 unspecified atom stereocenters. The molecule has 1 heterocycles. The second-order valence-electron chi connectivity index (χ2n) is 8.67. The normalized spacial score (nSPS) is 44.5. The Labute approximate surface area is 148 Å². The summed E-state index contributed by atoms with van der Waals surface area (Å²) >= 11 is 0. The average Bonchev–Trinajstić information content (AvgIpc) is 3.02. The maximum Gasteiger partial charge on any atom is 0.309 e. The molecule has 1 aliphatic heterocycles. The van der Waals surface area contributed by atoms with Crippen LogP contribution in [-0.4, -0.2) is 27.9 Å². The van der Waals surface area contributed by atoms with E-state index >= 15 is 0 Å². The summed E-state index contributed by atoms with van der Waals surface area (Å²) in [6.45, 7) is 2.24. The molecule has 0 amide bonds. The van der Waals surface area contributed by atoms with Gasteiger partial charge in [-0.25, -0.2) is 0 Å². The number of carbonyl (C=O) groups excluding carboxylic acids is 1. The Hall–Kier alpha value is -1.55. The number of aromatic hydroxyl groups is 1. The van der Waals surface area contributed by atoms with E-state index in [0.717, 1.165) is 32.1 Å². The van der Waals surface area contributed by atoms with Crippen molar-refractivity contribution in [2.24, 2.45) is 23.7 Å². The van der Waals surface area contributed by atoms with Crippen molar-refractivity contribution in [1.82, 2.24) is 0 Å². The van der Waals surface area contributed by atoms with Gasteiger partial charge in [0.05, 0.1) is 6.42 Å². The molecule has 2 N–H and O–H groups in total. The van der Waals surface area contributed by atoms with Crippen LogP contribution in [0.25, 0.3) is 0 Å². The highest BCUT2D eigenvalue weighted by atomic mass is 16.6. The Morgan fingerprint density at radius 3 is 2.92 bits per heavy atom. The summed E-state index contributed by atoms with van der Waals surface area (Å²) in [5, 5.41) is 21.1. The van der Waals surface area contributed by atoms with Gasteiger partial charge in [-0.3, -0.25) is 4.79 Å². The van der Waals surface area contributed by atoms with E-state index in [-0.39, 0.29) is 24.4 Å². The van der Waals surface area contributed by atoms with Crippen molar-refractivity contribution >= 4 is 5.97 Å². The summed E-state index contributed by atoms with van der Waals surface area (Å²) in [6.07, 6.45) is 4.86. The molecular weight excluding hydrogens is 316 g/mol. The number of fused-ring (bicyclic) bond motifs is 7. The van der Waals surface area contributed by atoms with Gasteiger partial charge in [0.25, 0.3) is 0 Å². The number of carbonyl (C=O) groups is 1. The average molecular weight is 342 g/mol. The number of benzene rings is 1. The third kappa shape index (κ3) is 2.06. The zero-order valence-corrected chi connectivity index (χ0v) is 14.6. The van der Waals surface area contributed by atoms with Crippen LogP contribution >= 0.6 is 0 Å². The second kappa shape index (κ2) is 5.23. The highest BCUT2D eigenvalue weighted by molar-refractivity contribution is 5.74. The van der Waals surface area contributed by atoms with Crippen LogP contribution in [0.2, 0.25) is 0 Å². The van der Waals surface area contributed by atoms with Gasteiger partial charge in [-0.05, 0) is 78.5 Å². The van der Waals surface area contributed by atoms with Gasteiger partial charge in [-0.15, -0.1) is 0 Å². The van der Waals surface area contributed by atoms with Gasteiger partial charge in [0, 0.05) is 0 Å². The van der Waals surface area contributed by atoms with Crippen LogP contribution < -0.4 is 0 Å². The number of hydrogen-bond acceptors (Lipinski definition) is 4. The van der Waals surface area contributed by atoms with E-state index in [0.29, 0.717) is 29.4 Å². The number of ether oxygens (including phenoxy) is 1. The van der Waals surface area contributed by atoms with Crippen molar-refractivity contribution < 1.29 is 19.7 Å². The van der Waals surface area contributed by atoms with Crippen molar-refractivity contribution in [2.45, 2.75) is 63.1 Å². The molecular formula is C21H26O4. The number of phenols is 1. The summed E-state index contributed by atoms with van der Waals surface area (Å²) in [6, 6.07) is 5.87. The van der Waals surface area contributed by atoms with E-state index in [4.69, 9.17) is 4.74 Å². The van der Waals surface area contributed by atoms with Crippen LogP contribution in [0.3, 0.4) is 0 Å². The zero-order valence-electron chi connectivity index (χ0n) is 14.6. The molecule has 134 valence electrons. The molecule has 0 bridgehead atoms. The zero-order chi connectivity index (χ0) is 17.3. The molecule has 3 fully saturated rings. The Bertz CT molecular complexity index is 729. The summed E-state index contributed by atoms with van der Waals surface area (Å²) in [5.41, 5.74) is 1.76. The van der Waals surface area contributed by atoms with Crippen molar-refractivity contribution in [3.8, 4) is 5.75 Å². The summed E-state index contributed by atoms with van der Waals surface area (Å²) < 4.78 is 5.49. The fourth-order valence-electron chi connectivity index (χ4n) is 6.75. The number of rotatable bonds is 1. The molecule has 1 saturated heterocycles. The van der Waals surface area contributed by atoms with Crippen molar-refractivity contribution in [3.63, 3.8) is 0 Å². The Morgan fingerprint density at radius 1 is 1.28 bits per heavy atom. The molecule has 2 saturated carbocycles. The first kappa shape index (κ1) is 15.7. The fraction of sp³-hybridized carbons (Fsp3) is 0.667. The minimum Gasteiger partial charge on any atom is -0.508 e. The third-order valence-corrected chi connectivity index (χ3v) is 7.74. The molecule has 1 aromatic rings. The lowest BCUT2D eigenvalue weighted by atomic mass is 9.55. The van der Waals surface area contributed by atoms with Gasteiger partial charge >= 0.3 is 5.97 Å². The topological polar surface area (TPSA) is 66.8 Å². The van der Waals surface area contributed by atoms with E-state index in [2.05, 4.69) is 13.0 Å². The van der Waals surface area contributed by atoms with E-state index in [1.54, 1.807) is 0 Å². The van der Waals surface area contributed by atoms with Gasteiger partial charge < -0.3 is 14.9 Å². The molecule has 5 rings (SSSR count). The maximum atomic E-state index is 11.8. The summed E-state index contributed by atoms with van der Waals surface area (Å²) in [4.78, 5) is 11.8. The van der Waals surface area contributed by atoms with Crippen molar-refractivity contribution in [2.75, 3.05) is 0 Å². The van der Waals surface area contributed by atoms with Gasteiger partial charge in [0.2, 0.25) is 0 Å². The molecule has 0 radical (unpaired) electrons. The largest absolute Gasteiger partial charge is 0.508 e. The number of esters is 1. The quantitative estimate of drug-likeness (QED) is 0.770. The minimum absolute atomic E-state index is 0.178. The standard InChI is InChI=1S/C21H26O4/c1-2-11-8-17-16(9-18-21(17,24)10-19(23)25-18)15-5-3-12-7-13(22)4-6-14(12)20(11)15/h4,6-7,11,15-18,20,22,24H,2-3,5,8-10H2,1H3. The number of phenolic OH excluding ortho intramolecular Hbond substituents is 1. The third-order valence-electron chi connectivity index (χ3n) is 7.74. The first-order valence-corrected chi connectivity index (χ1v) is 9.75. The first-order valence-electron chi connectivity index (χ1n) is 9.75. The maximum absolute atomic E-state index is 11.8. The first-order chi connectivity index (χ1) is 12.0. The lowest BCUT2D eigenvalue weighted by molar-refractivity contribution is -0.142. The van der Waals surface area contributed by atoms with Crippen LogP contribution in [0.1, 0.15) is 56.1 Å². The molecule has 25 heavy (non-hydrogen) atoms. The van der Waals surface area contributed by atoms with Crippen LogP contribution in [-0.2, 0) is 16.0 Å². The molecule has 1 aromatic carbocycles. The van der Waals surface area contributed by atoms with Crippen LogP contribution in [0.15, 0.2) is 18.2 Å². The van der Waals surface area contributed by atoms with Gasteiger partial charge in [0.1, 0.15) is 17.5 Å². The van der Waals surface area contributed by atoms with E-state index in [9.17, 15) is 15.0 Å². The van der Waals surface area contributed by atoms with E-state index < -0.39 is 5.60 Å². The monoisotopic (exact) mass is 342 g/mol.